The van der Waals surface area contributed by atoms with Crippen LogP contribution in [-0.4, -0.2) is 11.7 Å². The van der Waals surface area contributed by atoms with Crippen LogP contribution in [0.15, 0.2) is 46.9 Å². The van der Waals surface area contributed by atoms with Gasteiger partial charge in [0, 0.05) is 11.1 Å². The summed E-state index contributed by atoms with van der Waals surface area (Å²) in [5.41, 5.74) is 1.12. The third-order valence-corrected chi connectivity index (χ3v) is 3.79. The van der Waals surface area contributed by atoms with E-state index in [-0.39, 0.29) is 4.47 Å². The summed E-state index contributed by atoms with van der Waals surface area (Å²) < 4.78 is 19.5. The van der Waals surface area contributed by atoms with Gasteiger partial charge in [-0.15, -0.1) is 0 Å². The van der Waals surface area contributed by atoms with E-state index in [4.69, 9.17) is 4.74 Å². The molecule has 0 amide bonds. The highest BCUT2D eigenvalue weighted by Crippen LogP contribution is 2.34. The third kappa shape index (κ3) is 3.19. The average molecular weight is 339 g/mol. The molecular weight excluding hydrogens is 323 g/mol. The Kier molecular flexibility index (Phi) is 5.15. The van der Waals surface area contributed by atoms with E-state index in [1.165, 1.54) is 6.07 Å². The van der Waals surface area contributed by atoms with E-state index < -0.39 is 11.9 Å². The molecule has 4 heteroatoms. The lowest BCUT2D eigenvalue weighted by Crippen LogP contribution is -2.06. The molecule has 0 saturated carbocycles. The summed E-state index contributed by atoms with van der Waals surface area (Å²) in [5, 5.41) is 10.5. The normalized spacial score (nSPS) is 12.2. The van der Waals surface area contributed by atoms with E-state index >= 15 is 0 Å². The molecule has 0 fully saturated rings. The van der Waals surface area contributed by atoms with Crippen molar-refractivity contribution in [1.29, 1.82) is 0 Å². The van der Waals surface area contributed by atoms with Crippen molar-refractivity contribution < 1.29 is 14.2 Å². The lowest BCUT2D eigenvalue weighted by Gasteiger charge is -2.17. The topological polar surface area (TPSA) is 29.5 Å². The van der Waals surface area contributed by atoms with Gasteiger partial charge in [0.1, 0.15) is 17.7 Å². The van der Waals surface area contributed by atoms with Gasteiger partial charge < -0.3 is 9.84 Å². The third-order valence-electron chi connectivity index (χ3n) is 2.95. The molecule has 0 spiro atoms. The highest BCUT2D eigenvalue weighted by molar-refractivity contribution is 9.10. The van der Waals surface area contributed by atoms with Gasteiger partial charge in [-0.05, 0) is 34.5 Å². The van der Waals surface area contributed by atoms with Gasteiger partial charge in [-0.3, -0.25) is 0 Å². The number of rotatable bonds is 5. The zero-order valence-electron chi connectivity index (χ0n) is 11.1. The lowest BCUT2D eigenvalue weighted by atomic mass is 10.0. The predicted octanol–water partition coefficient (Wildman–Crippen LogP) is 4.46. The molecule has 0 aliphatic rings. The minimum absolute atomic E-state index is 0.276. The van der Waals surface area contributed by atoms with Gasteiger partial charge in [0.2, 0.25) is 0 Å². The van der Waals surface area contributed by atoms with Crippen molar-refractivity contribution in [1.82, 2.24) is 0 Å². The van der Waals surface area contributed by atoms with Gasteiger partial charge in [0.05, 0.1) is 11.1 Å². The molecular formula is C16H16BrFO2. The van der Waals surface area contributed by atoms with Gasteiger partial charge >= 0.3 is 0 Å². The summed E-state index contributed by atoms with van der Waals surface area (Å²) >= 11 is 3.18. The molecule has 1 unspecified atom stereocenters. The van der Waals surface area contributed by atoms with Crippen LogP contribution in [0.25, 0.3) is 0 Å². The maximum absolute atomic E-state index is 13.6. The molecule has 1 atom stereocenters. The van der Waals surface area contributed by atoms with E-state index in [1.54, 1.807) is 24.3 Å². The number of ether oxygens (including phenoxy) is 1. The van der Waals surface area contributed by atoms with Crippen molar-refractivity contribution in [2.45, 2.75) is 19.4 Å². The number of aliphatic hydroxyl groups excluding tert-OH is 1. The van der Waals surface area contributed by atoms with E-state index in [0.717, 1.165) is 6.42 Å². The minimum atomic E-state index is -0.937. The molecule has 2 nitrogen and oxygen atoms in total. The number of benzene rings is 2. The van der Waals surface area contributed by atoms with Crippen molar-refractivity contribution in [3.63, 3.8) is 0 Å². The first-order valence-corrected chi connectivity index (χ1v) is 7.28. The fraction of sp³-hybridized carbons (Fsp3) is 0.250. The molecule has 106 valence electrons. The monoisotopic (exact) mass is 338 g/mol. The molecule has 20 heavy (non-hydrogen) atoms. The van der Waals surface area contributed by atoms with Crippen LogP contribution in [0.1, 0.15) is 30.6 Å². The molecule has 1 N–H and O–H groups in total. The van der Waals surface area contributed by atoms with Gasteiger partial charge in [-0.25, -0.2) is 4.39 Å². The largest absolute Gasteiger partial charge is 0.493 e. The van der Waals surface area contributed by atoms with E-state index in [1.807, 2.05) is 19.1 Å². The number of aliphatic hydroxyl groups is 1. The van der Waals surface area contributed by atoms with Crippen LogP contribution < -0.4 is 4.74 Å². The van der Waals surface area contributed by atoms with Crippen molar-refractivity contribution in [2.75, 3.05) is 6.61 Å². The van der Waals surface area contributed by atoms with Crippen LogP contribution in [0.2, 0.25) is 0 Å². The molecule has 0 radical (unpaired) electrons. The summed E-state index contributed by atoms with van der Waals surface area (Å²) in [7, 11) is 0. The van der Waals surface area contributed by atoms with Crippen molar-refractivity contribution in [3.8, 4) is 5.75 Å². The second-order valence-electron chi connectivity index (χ2n) is 4.43. The molecule has 2 aromatic rings. The fourth-order valence-electron chi connectivity index (χ4n) is 1.95. The highest BCUT2D eigenvalue weighted by atomic mass is 79.9. The SMILES string of the molecule is CCCOc1ccccc1C(O)c1cccc(F)c1Br. The second kappa shape index (κ2) is 6.86. The molecule has 2 rings (SSSR count). The summed E-state index contributed by atoms with van der Waals surface area (Å²) in [6.45, 7) is 2.59. The number of para-hydroxylation sites is 1. The molecule has 0 aliphatic heterocycles. The second-order valence-corrected chi connectivity index (χ2v) is 5.22. The number of hydrogen-bond acceptors (Lipinski definition) is 2. The highest BCUT2D eigenvalue weighted by Gasteiger charge is 2.19. The number of halogens is 2. The first kappa shape index (κ1) is 15.0. The predicted molar refractivity (Wildman–Crippen MR) is 80.4 cm³/mol. The Morgan fingerprint density at radius 3 is 2.60 bits per heavy atom. The van der Waals surface area contributed by atoms with Crippen LogP contribution in [0.4, 0.5) is 4.39 Å². The van der Waals surface area contributed by atoms with Crippen molar-refractivity contribution >= 4 is 15.9 Å². The Bertz CT molecular complexity index is 586. The van der Waals surface area contributed by atoms with E-state index in [9.17, 15) is 9.50 Å². The van der Waals surface area contributed by atoms with Gasteiger partial charge in [0.25, 0.3) is 0 Å². The molecule has 0 aromatic heterocycles. The lowest BCUT2D eigenvalue weighted by molar-refractivity contribution is 0.209. The molecule has 0 aliphatic carbocycles. The van der Waals surface area contributed by atoms with E-state index in [2.05, 4.69) is 15.9 Å². The van der Waals surface area contributed by atoms with Crippen molar-refractivity contribution in [2.24, 2.45) is 0 Å². The Labute approximate surface area is 126 Å². The molecule has 0 bridgehead atoms. The quantitative estimate of drug-likeness (QED) is 0.872. The Morgan fingerprint density at radius 2 is 1.85 bits per heavy atom. The molecule has 0 heterocycles. The van der Waals surface area contributed by atoms with Gasteiger partial charge in [-0.1, -0.05) is 37.3 Å². The summed E-state index contributed by atoms with van der Waals surface area (Å²) in [6, 6.07) is 11.9. The van der Waals surface area contributed by atoms with Gasteiger partial charge in [-0.2, -0.15) is 0 Å². The zero-order valence-corrected chi connectivity index (χ0v) is 12.7. The maximum Gasteiger partial charge on any atom is 0.137 e. The van der Waals surface area contributed by atoms with Crippen molar-refractivity contribution in [3.05, 3.63) is 63.9 Å². The smallest absolute Gasteiger partial charge is 0.137 e. The van der Waals surface area contributed by atoms with Crippen LogP contribution in [0.3, 0.4) is 0 Å². The van der Waals surface area contributed by atoms with Crippen LogP contribution in [0.5, 0.6) is 5.75 Å². The Morgan fingerprint density at radius 1 is 1.15 bits per heavy atom. The minimum Gasteiger partial charge on any atom is -0.493 e. The van der Waals surface area contributed by atoms with E-state index in [0.29, 0.717) is 23.5 Å². The molecule has 0 saturated heterocycles. The summed E-state index contributed by atoms with van der Waals surface area (Å²) in [5.74, 6) is 0.228. The first-order chi connectivity index (χ1) is 9.65. The Hall–Kier alpha value is -1.39. The average Bonchev–Trinajstić information content (AvgIpc) is 2.47. The first-order valence-electron chi connectivity index (χ1n) is 6.48. The van der Waals surface area contributed by atoms with Crippen LogP contribution in [0, 0.1) is 5.82 Å². The number of hydrogen-bond donors (Lipinski definition) is 1. The zero-order chi connectivity index (χ0) is 14.5. The van der Waals surface area contributed by atoms with Gasteiger partial charge in [0.15, 0.2) is 0 Å². The fourth-order valence-corrected chi connectivity index (χ4v) is 2.43. The Balaban J connectivity index is 2.38. The van der Waals surface area contributed by atoms with Crippen LogP contribution >= 0.6 is 15.9 Å². The summed E-state index contributed by atoms with van der Waals surface area (Å²) in [6.07, 6.45) is -0.0539. The standard InChI is InChI=1S/C16H16BrFO2/c1-2-10-20-14-9-4-3-6-11(14)16(19)12-7-5-8-13(18)15(12)17/h3-9,16,19H,2,10H2,1H3. The maximum atomic E-state index is 13.6. The van der Waals surface area contributed by atoms with Crippen LogP contribution in [-0.2, 0) is 0 Å². The molecule has 2 aromatic carbocycles. The summed E-state index contributed by atoms with van der Waals surface area (Å²) in [4.78, 5) is 0.